The van der Waals surface area contributed by atoms with E-state index in [9.17, 15) is 0 Å². The normalized spacial score (nSPS) is 9.65. The van der Waals surface area contributed by atoms with Crippen LogP contribution >= 0.6 is 15.9 Å². The van der Waals surface area contributed by atoms with E-state index in [1.807, 2.05) is 12.1 Å². The molecule has 0 spiro atoms. The highest BCUT2D eigenvalue weighted by Gasteiger charge is 2.04. The lowest BCUT2D eigenvalue weighted by Gasteiger charge is -2.08. The molecule has 0 saturated heterocycles. The van der Waals surface area contributed by atoms with Crippen LogP contribution in [0.3, 0.4) is 0 Å². The van der Waals surface area contributed by atoms with Crippen molar-refractivity contribution in [2.75, 3.05) is 5.73 Å². The van der Waals surface area contributed by atoms with E-state index in [-0.39, 0.29) is 0 Å². The van der Waals surface area contributed by atoms with Gasteiger partial charge in [0.05, 0.1) is 16.1 Å². The molecule has 0 fully saturated rings. The monoisotopic (exact) mass is 288 g/mol. The van der Waals surface area contributed by atoms with Crippen molar-refractivity contribution < 1.29 is 4.74 Å². The minimum atomic E-state index is 0.580. The molecule has 4 heteroatoms. The summed E-state index contributed by atoms with van der Waals surface area (Å²) in [4.78, 5) is 0. The van der Waals surface area contributed by atoms with Gasteiger partial charge in [0.15, 0.2) is 0 Å². The van der Waals surface area contributed by atoms with E-state index < -0.39 is 0 Å². The summed E-state index contributed by atoms with van der Waals surface area (Å²) >= 11 is 3.36. The fraction of sp³-hybridized carbons (Fsp3) is 0. The molecule has 0 aliphatic carbocycles. The van der Waals surface area contributed by atoms with Crippen molar-refractivity contribution in [3.8, 4) is 17.6 Å². The number of nitrogen functional groups attached to an aromatic ring is 1. The Kier molecular flexibility index (Phi) is 3.31. The number of halogens is 1. The third-order valence-electron chi connectivity index (χ3n) is 2.15. The van der Waals surface area contributed by atoms with Gasteiger partial charge < -0.3 is 10.5 Å². The molecule has 0 unspecified atom stereocenters. The highest BCUT2D eigenvalue weighted by Crippen LogP contribution is 2.30. The highest BCUT2D eigenvalue weighted by atomic mass is 79.9. The number of anilines is 1. The molecular formula is C13H9BrN2O. The van der Waals surface area contributed by atoms with Gasteiger partial charge in [0.1, 0.15) is 11.5 Å². The number of nitriles is 1. The average molecular weight is 289 g/mol. The van der Waals surface area contributed by atoms with Crippen LogP contribution in [-0.4, -0.2) is 0 Å². The average Bonchev–Trinajstić information content (AvgIpc) is 2.32. The maximum absolute atomic E-state index is 8.75. The molecule has 0 aliphatic rings. The van der Waals surface area contributed by atoms with Crippen molar-refractivity contribution >= 4 is 21.6 Å². The number of nitrogens with two attached hydrogens (primary N) is 1. The predicted octanol–water partition coefficient (Wildman–Crippen LogP) is 3.70. The Morgan fingerprint density at radius 2 is 2.00 bits per heavy atom. The molecule has 0 heterocycles. The first-order valence-electron chi connectivity index (χ1n) is 4.92. The van der Waals surface area contributed by atoms with E-state index in [1.165, 1.54) is 0 Å². The van der Waals surface area contributed by atoms with E-state index in [4.69, 9.17) is 15.7 Å². The van der Waals surface area contributed by atoms with Gasteiger partial charge in [0.2, 0.25) is 0 Å². The predicted molar refractivity (Wildman–Crippen MR) is 69.8 cm³/mol. The summed E-state index contributed by atoms with van der Waals surface area (Å²) in [6.07, 6.45) is 0. The lowest BCUT2D eigenvalue weighted by atomic mass is 10.2. The second kappa shape index (κ2) is 4.89. The minimum Gasteiger partial charge on any atom is -0.456 e. The molecule has 0 atom stereocenters. The fourth-order valence-electron chi connectivity index (χ4n) is 1.36. The SMILES string of the molecule is N#Cc1ccc(Oc2cccc(N)c2)c(Br)c1. The van der Waals surface area contributed by atoms with Crippen molar-refractivity contribution in [1.82, 2.24) is 0 Å². The van der Waals surface area contributed by atoms with Gasteiger partial charge in [-0.3, -0.25) is 0 Å². The van der Waals surface area contributed by atoms with Gasteiger partial charge >= 0.3 is 0 Å². The smallest absolute Gasteiger partial charge is 0.141 e. The van der Waals surface area contributed by atoms with Crippen molar-refractivity contribution in [1.29, 1.82) is 5.26 Å². The van der Waals surface area contributed by atoms with Crippen molar-refractivity contribution in [2.45, 2.75) is 0 Å². The molecule has 2 aromatic carbocycles. The van der Waals surface area contributed by atoms with Crippen LogP contribution in [0.5, 0.6) is 11.5 Å². The topological polar surface area (TPSA) is 59.0 Å². The number of benzene rings is 2. The van der Waals surface area contributed by atoms with Crippen LogP contribution in [0.1, 0.15) is 5.56 Å². The van der Waals surface area contributed by atoms with Crippen LogP contribution in [0, 0.1) is 11.3 Å². The summed E-state index contributed by atoms with van der Waals surface area (Å²) in [7, 11) is 0. The van der Waals surface area contributed by atoms with Crippen molar-refractivity contribution in [3.63, 3.8) is 0 Å². The van der Waals surface area contributed by atoms with Crippen LogP contribution in [0.2, 0.25) is 0 Å². The summed E-state index contributed by atoms with van der Waals surface area (Å²) in [5, 5.41) is 8.75. The molecule has 2 rings (SSSR count). The zero-order valence-electron chi connectivity index (χ0n) is 8.85. The highest BCUT2D eigenvalue weighted by molar-refractivity contribution is 9.10. The second-order valence-corrected chi connectivity index (χ2v) is 4.29. The summed E-state index contributed by atoms with van der Waals surface area (Å²) in [5.41, 5.74) is 6.89. The maximum atomic E-state index is 8.75. The molecule has 0 radical (unpaired) electrons. The molecule has 0 saturated carbocycles. The Morgan fingerprint density at radius 1 is 1.18 bits per heavy atom. The number of hydrogen-bond acceptors (Lipinski definition) is 3. The molecule has 17 heavy (non-hydrogen) atoms. The summed E-state index contributed by atoms with van der Waals surface area (Å²) in [6, 6.07) is 14.4. The lowest BCUT2D eigenvalue weighted by molar-refractivity contribution is 0.480. The molecule has 2 aromatic rings. The first kappa shape index (κ1) is 11.5. The van der Waals surface area contributed by atoms with E-state index >= 15 is 0 Å². The van der Waals surface area contributed by atoms with Gasteiger partial charge in [-0.25, -0.2) is 0 Å². The summed E-state index contributed by atoms with van der Waals surface area (Å²) in [6.45, 7) is 0. The quantitative estimate of drug-likeness (QED) is 0.858. The van der Waals surface area contributed by atoms with E-state index in [0.717, 1.165) is 4.47 Å². The third kappa shape index (κ3) is 2.77. The largest absolute Gasteiger partial charge is 0.456 e. The van der Waals surface area contributed by atoms with Crippen LogP contribution in [-0.2, 0) is 0 Å². The molecule has 0 aromatic heterocycles. The van der Waals surface area contributed by atoms with Crippen molar-refractivity contribution in [3.05, 3.63) is 52.5 Å². The van der Waals surface area contributed by atoms with Crippen LogP contribution in [0.4, 0.5) is 5.69 Å². The van der Waals surface area contributed by atoms with E-state index in [2.05, 4.69) is 22.0 Å². The Hall–Kier alpha value is -1.99. The van der Waals surface area contributed by atoms with Crippen LogP contribution in [0.25, 0.3) is 0 Å². The zero-order chi connectivity index (χ0) is 12.3. The fourth-order valence-corrected chi connectivity index (χ4v) is 1.82. The Balaban J connectivity index is 2.28. The van der Waals surface area contributed by atoms with E-state index in [0.29, 0.717) is 22.7 Å². The van der Waals surface area contributed by atoms with Crippen LogP contribution in [0.15, 0.2) is 46.9 Å². The minimum absolute atomic E-state index is 0.580. The van der Waals surface area contributed by atoms with Gasteiger partial charge in [0.25, 0.3) is 0 Å². The van der Waals surface area contributed by atoms with E-state index in [1.54, 1.807) is 30.3 Å². The molecule has 0 bridgehead atoms. The number of rotatable bonds is 2. The van der Waals surface area contributed by atoms with Gasteiger partial charge in [-0.15, -0.1) is 0 Å². The Morgan fingerprint density at radius 3 is 2.65 bits per heavy atom. The number of ether oxygens (including phenoxy) is 1. The molecule has 84 valence electrons. The lowest BCUT2D eigenvalue weighted by Crippen LogP contribution is -1.89. The molecule has 0 amide bonds. The van der Waals surface area contributed by atoms with Gasteiger partial charge in [-0.05, 0) is 46.3 Å². The molecule has 2 N–H and O–H groups in total. The zero-order valence-corrected chi connectivity index (χ0v) is 10.4. The Labute approximate surface area is 108 Å². The number of nitrogens with zero attached hydrogens (tertiary/aromatic N) is 1. The van der Waals surface area contributed by atoms with Crippen LogP contribution < -0.4 is 10.5 Å². The maximum Gasteiger partial charge on any atom is 0.141 e. The standard InChI is InChI=1S/C13H9BrN2O/c14-12-6-9(8-15)4-5-13(12)17-11-3-1-2-10(16)7-11/h1-7H,16H2. The van der Waals surface area contributed by atoms with Gasteiger partial charge in [-0.1, -0.05) is 6.07 Å². The number of hydrogen-bond donors (Lipinski definition) is 1. The van der Waals surface area contributed by atoms with Crippen molar-refractivity contribution in [2.24, 2.45) is 0 Å². The third-order valence-corrected chi connectivity index (χ3v) is 2.77. The Bertz CT molecular complexity index is 590. The molecule has 3 nitrogen and oxygen atoms in total. The molecular weight excluding hydrogens is 280 g/mol. The summed E-state index contributed by atoms with van der Waals surface area (Å²) in [5.74, 6) is 1.31. The molecule has 0 aliphatic heterocycles. The van der Waals surface area contributed by atoms with Gasteiger partial charge in [0, 0.05) is 11.8 Å². The van der Waals surface area contributed by atoms with Gasteiger partial charge in [-0.2, -0.15) is 5.26 Å². The first-order valence-corrected chi connectivity index (χ1v) is 5.71. The first-order chi connectivity index (χ1) is 8.19. The second-order valence-electron chi connectivity index (χ2n) is 3.43. The summed E-state index contributed by atoms with van der Waals surface area (Å²) < 4.78 is 6.39.